The van der Waals surface area contributed by atoms with Crippen molar-refractivity contribution in [1.82, 2.24) is 10.0 Å². The predicted octanol–water partition coefficient (Wildman–Crippen LogP) is 1.93. The lowest BCUT2D eigenvalue weighted by Crippen LogP contribution is -2.27. The Morgan fingerprint density at radius 2 is 1.88 bits per heavy atom. The Labute approximate surface area is 146 Å². The second-order valence-electron chi connectivity index (χ2n) is 5.91. The van der Waals surface area contributed by atoms with Crippen molar-refractivity contribution in [3.63, 3.8) is 0 Å². The van der Waals surface area contributed by atoms with Gasteiger partial charge in [-0.05, 0) is 48.7 Å². The van der Waals surface area contributed by atoms with Gasteiger partial charge in [-0.3, -0.25) is 4.79 Å². The van der Waals surface area contributed by atoms with E-state index >= 15 is 0 Å². The Hall–Kier alpha value is -2.69. The summed E-state index contributed by atoms with van der Waals surface area (Å²) < 4.78 is 27.1. The minimum absolute atomic E-state index is 0.0128. The summed E-state index contributed by atoms with van der Waals surface area (Å²) in [6, 6.07) is 14.9. The van der Waals surface area contributed by atoms with Gasteiger partial charge in [0.05, 0.1) is 16.5 Å². The zero-order valence-electron chi connectivity index (χ0n) is 13.4. The van der Waals surface area contributed by atoms with Crippen molar-refractivity contribution in [2.24, 2.45) is 0 Å². The predicted molar refractivity (Wildman–Crippen MR) is 92.1 cm³/mol. The van der Waals surface area contributed by atoms with E-state index in [1.54, 1.807) is 36.4 Å². The lowest BCUT2D eigenvalue weighted by atomic mass is 10.1. The van der Waals surface area contributed by atoms with Crippen LogP contribution in [0.15, 0.2) is 53.4 Å². The number of amides is 1. The van der Waals surface area contributed by atoms with E-state index in [4.69, 9.17) is 5.26 Å². The molecule has 0 unspecified atom stereocenters. The van der Waals surface area contributed by atoms with Crippen LogP contribution in [0.1, 0.15) is 34.3 Å². The lowest BCUT2D eigenvalue weighted by molar-refractivity contribution is 0.0950. The average molecular weight is 355 g/mol. The van der Waals surface area contributed by atoms with E-state index in [-0.39, 0.29) is 22.4 Å². The number of carbonyl (C=O) groups is 1. The van der Waals surface area contributed by atoms with E-state index in [1.807, 2.05) is 6.07 Å². The molecule has 0 bridgehead atoms. The largest absolute Gasteiger partial charge is 0.348 e. The molecule has 6 nitrogen and oxygen atoms in total. The van der Waals surface area contributed by atoms with Crippen LogP contribution in [0, 0.1) is 11.3 Å². The van der Waals surface area contributed by atoms with Crippen LogP contribution in [-0.2, 0) is 16.6 Å². The Kier molecular flexibility index (Phi) is 4.83. The third-order valence-corrected chi connectivity index (χ3v) is 5.36. The van der Waals surface area contributed by atoms with Crippen molar-refractivity contribution in [3.05, 3.63) is 65.2 Å². The van der Waals surface area contributed by atoms with Crippen LogP contribution in [-0.4, -0.2) is 20.4 Å². The number of rotatable bonds is 6. The summed E-state index contributed by atoms with van der Waals surface area (Å²) in [4.78, 5) is 12.4. The quantitative estimate of drug-likeness (QED) is 0.827. The van der Waals surface area contributed by atoms with Crippen LogP contribution in [0.3, 0.4) is 0 Å². The molecule has 1 aliphatic rings. The first-order valence-corrected chi connectivity index (χ1v) is 9.36. The molecule has 2 aromatic carbocycles. The molecule has 2 aromatic rings. The summed E-state index contributed by atoms with van der Waals surface area (Å²) in [5, 5.41) is 11.5. The van der Waals surface area contributed by atoms with Crippen LogP contribution in [0.2, 0.25) is 0 Å². The zero-order chi connectivity index (χ0) is 17.9. The zero-order valence-corrected chi connectivity index (χ0v) is 14.2. The van der Waals surface area contributed by atoms with Crippen molar-refractivity contribution in [2.75, 3.05) is 0 Å². The maximum atomic E-state index is 12.3. The van der Waals surface area contributed by atoms with Gasteiger partial charge in [0.1, 0.15) is 0 Å². The monoisotopic (exact) mass is 355 g/mol. The van der Waals surface area contributed by atoms with Crippen LogP contribution in [0.4, 0.5) is 0 Å². The molecule has 0 atom stereocenters. The second-order valence-corrected chi connectivity index (χ2v) is 7.63. The first-order chi connectivity index (χ1) is 12.0. The smallest absolute Gasteiger partial charge is 0.251 e. The molecule has 0 heterocycles. The third kappa shape index (κ3) is 4.44. The summed E-state index contributed by atoms with van der Waals surface area (Å²) >= 11 is 0. The van der Waals surface area contributed by atoms with Crippen LogP contribution >= 0.6 is 0 Å². The molecule has 7 heteroatoms. The van der Waals surface area contributed by atoms with E-state index in [0.29, 0.717) is 12.1 Å². The number of nitrogens with zero attached hydrogens (tertiary/aromatic N) is 1. The van der Waals surface area contributed by atoms with Gasteiger partial charge < -0.3 is 5.32 Å². The fourth-order valence-electron chi connectivity index (χ4n) is 2.27. The van der Waals surface area contributed by atoms with Crippen molar-refractivity contribution in [2.45, 2.75) is 30.3 Å². The maximum Gasteiger partial charge on any atom is 0.251 e. The summed E-state index contributed by atoms with van der Waals surface area (Å²) in [5.74, 6) is -0.354. The molecule has 2 N–H and O–H groups in total. The number of carbonyl (C=O) groups excluding carboxylic acids is 1. The van der Waals surface area contributed by atoms with Crippen LogP contribution < -0.4 is 10.0 Å². The molecule has 1 saturated carbocycles. The normalized spacial score (nSPS) is 13.9. The van der Waals surface area contributed by atoms with Gasteiger partial charge in [-0.1, -0.05) is 18.2 Å². The number of benzene rings is 2. The molecule has 1 amide bonds. The summed E-state index contributed by atoms with van der Waals surface area (Å²) in [7, 11) is -3.59. The van der Waals surface area contributed by atoms with E-state index in [2.05, 4.69) is 10.0 Å². The molecule has 0 saturated heterocycles. The molecule has 3 rings (SSSR count). The van der Waals surface area contributed by atoms with Crippen LogP contribution in [0.25, 0.3) is 0 Å². The highest BCUT2D eigenvalue weighted by atomic mass is 32.2. The number of hydrogen-bond donors (Lipinski definition) is 2. The Morgan fingerprint density at radius 3 is 2.52 bits per heavy atom. The first-order valence-electron chi connectivity index (χ1n) is 7.87. The highest BCUT2D eigenvalue weighted by Crippen LogP contribution is 2.22. The van der Waals surface area contributed by atoms with Crippen molar-refractivity contribution < 1.29 is 13.2 Å². The molecule has 128 valence electrons. The van der Waals surface area contributed by atoms with Gasteiger partial charge in [0, 0.05) is 18.2 Å². The van der Waals surface area contributed by atoms with Crippen LogP contribution in [0.5, 0.6) is 0 Å². The number of hydrogen-bond acceptors (Lipinski definition) is 4. The molecule has 1 fully saturated rings. The summed E-state index contributed by atoms with van der Waals surface area (Å²) in [5.41, 5.74) is 1.69. The molecule has 1 aliphatic carbocycles. The van der Waals surface area contributed by atoms with Gasteiger partial charge >= 0.3 is 0 Å². The van der Waals surface area contributed by atoms with Gasteiger partial charge in [-0.2, -0.15) is 5.26 Å². The maximum absolute atomic E-state index is 12.3. The highest BCUT2D eigenvalue weighted by molar-refractivity contribution is 7.89. The highest BCUT2D eigenvalue weighted by Gasteiger charge is 2.28. The fourth-order valence-corrected chi connectivity index (χ4v) is 3.63. The number of nitriles is 1. The van der Waals surface area contributed by atoms with Gasteiger partial charge in [0.15, 0.2) is 0 Å². The Morgan fingerprint density at radius 1 is 1.16 bits per heavy atom. The average Bonchev–Trinajstić information content (AvgIpc) is 3.43. The van der Waals surface area contributed by atoms with Crippen molar-refractivity contribution >= 4 is 15.9 Å². The molecule has 0 radical (unpaired) electrons. The molecule has 25 heavy (non-hydrogen) atoms. The Bertz CT molecular complexity index is 927. The fraction of sp³-hybridized carbons (Fsp3) is 0.222. The van der Waals surface area contributed by atoms with Gasteiger partial charge in [0.2, 0.25) is 10.0 Å². The molecule has 0 spiro atoms. The number of sulfonamides is 1. The van der Waals surface area contributed by atoms with Crippen molar-refractivity contribution in [3.8, 4) is 6.07 Å². The van der Waals surface area contributed by atoms with E-state index in [9.17, 15) is 13.2 Å². The molecule has 0 aliphatic heterocycles. The van der Waals surface area contributed by atoms with Gasteiger partial charge in [0.25, 0.3) is 5.91 Å². The van der Waals surface area contributed by atoms with Gasteiger partial charge in [-0.15, -0.1) is 0 Å². The minimum Gasteiger partial charge on any atom is -0.348 e. The minimum atomic E-state index is -3.59. The van der Waals surface area contributed by atoms with E-state index in [1.165, 1.54) is 12.1 Å². The molecular formula is C18H17N3O3S. The van der Waals surface area contributed by atoms with E-state index in [0.717, 1.165) is 18.4 Å². The first kappa shape index (κ1) is 17.1. The Balaban J connectivity index is 1.67. The summed E-state index contributed by atoms with van der Waals surface area (Å²) in [6.45, 7) is 0.293. The topological polar surface area (TPSA) is 99.1 Å². The lowest BCUT2D eigenvalue weighted by Gasteiger charge is -2.09. The molecule has 0 aromatic heterocycles. The summed E-state index contributed by atoms with van der Waals surface area (Å²) in [6.07, 6.45) is 1.70. The standard InChI is InChI=1S/C18H17N3O3S/c19-11-13-4-6-14(7-5-13)12-20-18(22)15-2-1-3-17(10-15)25(23,24)21-16-8-9-16/h1-7,10,16,21H,8-9,12H2,(H,20,22). The second kappa shape index (κ2) is 7.05. The van der Waals surface area contributed by atoms with Crippen molar-refractivity contribution in [1.29, 1.82) is 5.26 Å². The SMILES string of the molecule is N#Cc1ccc(CNC(=O)c2cccc(S(=O)(=O)NC3CC3)c2)cc1. The molecular weight excluding hydrogens is 338 g/mol. The number of nitrogens with one attached hydrogen (secondary N) is 2. The van der Waals surface area contributed by atoms with E-state index < -0.39 is 10.0 Å². The van der Waals surface area contributed by atoms with Gasteiger partial charge in [-0.25, -0.2) is 13.1 Å². The third-order valence-electron chi connectivity index (χ3n) is 3.84.